The van der Waals surface area contributed by atoms with Gasteiger partial charge < -0.3 is 14.8 Å². The molecule has 0 radical (unpaired) electrons. The monoisotopic (exact) mass is 418 g/mol. The summed E-state index contributed by atoms with van der Waals surface area (Å²) < 4.78 is 37.2. The molecule has 1 aliphatic heterocycles. The van der Waals surface area contributed by atoms with Crippen LogP contribution >= 0.6 is 0 Å². The predicted molar refractivity (Wildman–Crippen MR) is 109 cm³/mol. The van der Waals surface area contributed by atoms with Gasteiger partial charge >= 0.3 is 0 Å². The van der Waals surface area contributed by atoms with Gasteiger partial charge in [0, 0.05) is 19.6 Å². The van der Waals surface area contributed by atoms with E-state index in [1.165, 1.54) is 22.0 Å². The van der Waals surface area contributed by atoms with Crippen LogP contribution in [0.3, 0.4) is 0 Å². The third-order valence-electron chi connectivity index (χ3n) is 4.61. The van der Waals surface area contributed by atoms with Crippen LogP contribution in [0.25, 0.3) is 0 Å². The van der Waals surface area contributed by atoms with E-state index >= 15 is 0 Å². The molecule has 0 unspecified atom stereocenters. The van der Waals surface area contributed by atoms with Crippen molar-refractivity contribution in [2.45, 2.75) is 17.7 Å². The fourth-order valence-electron chi connectivity index (χ4n) is 3.01. The molecule has 3 rings (SSSR count). The molecule has 8 heteroatoms. The fourth-order valence-corrected chi connectivity index (χ4v) is 4.42. The van der Waals surface area contributed by atoms with Gasteiger partial charge in [-0.3, -0.25) is 4.79 Å². The van der Waals surface area contributed by atoms with Gasteiger partial charge in [0.15, 0.2) is 6.61 Å². The number of morpholine rings is 1. The van der Waals surface area contributed by atoms with Crippen LogP contribution in [-0.2, 0) is 26.0 Å². The lowest BCUT2D eigenvalue weighted by molar-refractivity contribution is -0.123. The summed E-state index contributed by atoms with van der Waals surface area (Å²) in [4.78, 5) is 12.1. The summed E-state index contributed by atoms with van der Waals surface area (Å²) in [5.74, 6) is 0.244. The Hall–Kier alpha value is -2.42. The number of carbonyl (C=O) groups is 1. The molecule has 2 aromatic carbocycles. The SMILES string of the molecule is O=C(COc1ccc(S(=O)(=O)N2CCOCC2)cc1)NCCCc1ccccc1. The summed E-state index contributed by atoms with van der Waals surface area (Å²) in [5.41, 5.74) is 1.24. The van der Waals surface area contributed by atoms with Crippen molar-refractivity contribution < 1.29 is 22.7 Å². The van der Waals surface area contributed by atoms with Gasteiger partial charge in [0.2, 0.25) is 10.0 Å². The molecule has 1 amide bonds. The van der Waals surface area contributed by atoms with E-state index < -0.39 is 10.0 Å². The normalized spacial score (nSPS) is 15.0. The second-order valence-corrected chi connectivity index (χ2v) is 8.65. The molecule has 0 aliphatic carbocycles. The lowest BCUT2D eigenvalue weighted by Gasteiger charge is -2.26. The molecule has 1 heterocycles. The number of aryl methyl sites for hydroxylation is 1. The Bertz CT molecular complexity index is 879. The number of carbonyl (C=O) groups excluding carboxylic acids is 1. The first kappa shape index (κ1) is 21.3. The second kappa shape index (κ2) is 10.4. The third-order valence-corrected chi connectivity index (χ3v) is 6.52. The average molecular weight is 419 g/mol. The van der Waals surface area contributed by atoms with Crippen LogP contribution in [0.5, 0.6) is 5.75 Å². The Morgan fingerprint density at radius 1 is 1.03 bits per heavy atom. The molecule has 156 valence electrons. The number of amides is 1. The van der Waals surface area contributed by atoms with Gasteiger partial charge in [-0.15, -0.1) is 0 Å². The van der Waals surface area contributed by atoms with Crippen molar-refractivity contribution in [3.05, 3.63) is 60.2 Å². The Morgan fingerprint density at radius 3 is 2.41 bits per heavy atom. The molecule has 1 aliphatic rings. The van der Waals surface area contributed by atoms with Crippen molar-refractivity contribution in [1.29, 1.82) is 0 Å². The highest BCUT2D eigenvalue weighted by Crippen LogP contribution is 2.20. The van der Waals surface area contributed by atoms with E-state index in [9.17, 15) is 13.2 Å². The van der Waals surface area contributed by atoms with E-state index in [0.29, 0.717) is 38.6 Å². The van der Waals surface area contributed by atoms with Crippen LogP contribution in [0.1, 0.15) is 12.0 Å². The van der Waals surface area contributed by atoms with Crippen molar-refractivity contribution >= 4 is 15.9 Å². The minimum absolute atomic E-state index is 0.110. The summed E-state index contributed by atoms with van der Waals surface area (Å²) in [7, 11) is -3.53. The lowest BCUT2D eigenvalue weighted by atomic mass is 10.1. The molecule has 29 heavy (non-hydrogen) atoms. The summed E-state index contributed by atoms with van der Waals surface area (Å²) in [5, 5.41) is 2.82. The molecule has 2 aromatic rings. The van der Waals surface area contributed by atoms with E-state index in [1.54, 1.807) is 12.1 Å². The van der Waals surface area contributed by atoms with E-state index in [0.717, 1.165) is 12.8 Å². The second-order valence-electron chi connectivity index (χ2n) is 6.72. The molecule has 1 N–H and O–H groups in total. The first-order valence-corrected chi connectivity index (χ1v) is 11.1. The summed E-state index contributed by atoms with van der Waals surface area (Å²) in [6.07, 6.45) is 1.75. The van der Waals surface area contributed by atoms with Gasteiger partial charge in [-0.05, 0) is 42.7 Å². The zero-order valence-electron chi connectivity index (χ0n) is 16.2. The highest BCUT2D eigenvalue weighted by Gasteiger charge is 2.26. The van der Waals surface area contributed by atoms with Crippen LogP contribution in [0.15, 0.2) is 59.5 Å². The van der Waals surface area contributed by atoms with E-state index in [-0.39, 0.29) is 17.4 Å². The number of hydrogen-bond donors (Lipinski definition) is 1. The zero-order chi connectivity index (χ0) is 20.5. The fraction of sp³-hybridized carbons (Fsp3) is 0.381. The van der Waals surface area contributed by atoms with Gasteiger partial charge in [-0.2, -0.15) is 4.31 Å². The standard InChI is InChI=1S/C21H26N2O5S/c24-21(22-12-4-7-18-5-2-1-3-6-18)17-28-19-8-10-20(11-9-19)29(25,26)23-13-15-27-16-14-23/h1-3,5-6,8-11H,4,7,12-17H2,(H,22,24). The van der Waals surface area contributed by atoms with E-state index in [4.69, 9.17) is 9.47 Å². The average Bonchev–Trinajstić information content (AvgIpc) is 2.77. The molecule has 0 spiro atoms. The maximum Gasteiger partial charge on any atom is 0.257 e. The van der Waals surface area contributed by atoms with Crippen molar-refractivity contribution in [2.24, 2.45) is 0 Å². The number of nitrogens with zero attached hydrogens (tertiary/aromatic N) is 1. The smallest absolute Gasteiger partial charge is 0.257 e. The summed E-state index contributed by atoms with van der Waals surface area (Å²) in [6.45, 7) is 1.98. The topological polar surface area (TPSA) is 84.9 Å². The van der Waals surface area contributed by atoms with E-state index in [2.05, 4.69) is 17.4 Å². The lowest BCUT2D eigenvalue weighted by Crippen LogP contribution is -2.40. The van der Waals surface area contributed by atoms with Crippen molar-refractivity contribution in [3.63, 3.8) is 0 Å². The highest BCUT2D eigenvalue weighted by atomic mass is 32.2. The van der Waals surface area contributed by atoms with Crippen LogP contribution in [-0.4, -0.2) is 58.1 Å². The van der Waals surface area contributed by atoms with Crippen LogP contribution < -0.4 is 10.1 Å². The molecule has 7 nitrogen and oxygen atoms in total. The predicted octanol–water partition coefficient (Wildman–Crippen LogP) is 1.84. The van der Waals surface area contributed by atoms with Gasteiger partial charge in [0.1, 0.15) is 5.75 Å². The maximum atomic E-state index is 12.6. The number of sulfonamides is 1. The number of benzene rings is 2. The van der Waals surface area contributed by atoms with E-state index in [1.807, 2.05) is 18.2 Å². The Balaban J connectivity index is 1.41. The van der Waals surface area contributed by atoms with Gasteiger partial charge in [-0.1, -0.05) is 30.3 Å². The van der Waals surface area contributed by atoms with Crippen LogP contribution in [0, 0.1) is 0 Å². The van der Waals surface area contributed by atoms with Crippen molar-refractivity contribution in [1.82, 2.24) is 9.62 Å². The quantitative estimate of drug-likeness (QED) is 0.628. The third kappa shape index (κ3) is 6.28. The van der Waals surface area contributed by atoms with Crippen LogP contribution in [0.2, 0.25) is 0 Å². The molecule has 0 bridgehead atoms. The van der Waals surface area contributed by atoms with Gasteiger partial charge in [-0.25, -0.2) is 8.42 Å². The zero-order valence-corrected chi connectivity index (χ0v) is 17.1. The molecule has 1 fully saturated rings. The number of rotatable bonds is 9. The summed E-state index contributed by atoms with van der Waals surface area (Å²) >= 11 is 0. The molecule has 1 saturated heterocycles. The molecule has 0 saturated carbocycles. The molecular weight excluding hydrogens is 392 g/mol. The number of ether oxygens (including phenoxy) is 2. The van der Waals surface area contributed by atoms with Gasteiger partial charge in [0.25, 0.3) is 5.91 Å². The molecular formula is C21H26N2O5S. The minimum Gasteiger partial charge on any atom is -0.484 e. The Morgan fingerprint density at radius 2 is 1.72 bits per heavy atom. The largest absolute Gasteiger partial charge is 0.484 e. The van der Waals surface area contributed by atoms with Crippen LogP contribution in [0.4, 0.5) is 0 Å². The Labute approximate surface area is 171 Å². The number of nitrogens with one attached hydrogen (secondary N) is 1. The molecule has 0 aromatic heterocycles. The van der Waals surface area contributed by atoms with Crippen molar-refractivity contribution in [3.8, 4) is 5.75 Å². The molecule has 0 atom stereocenters. The first-order valence-electron chi connectivity index (χ1n) is 9.67. The summed E-state index contributed by atoms with van der Waals surface area (Å²) in [6, 6.07) is 16.2. The highest BCUT2D eigenvalue weighted by molar-refractivity contribution is 7.89. The Kier molecular flexibility index (Phi) is 7.62. The van der Waals surface area contributed by atoms with Crippen molar-refractivity contribution in [2.75, 3.05) is 39.5 Å². The maximum absolute atomic E-state index is 12.6. The first-order chi connectivity index (χ1) is 14.1. The van der Waals surface area contributed by atoms with Gasteiger partial charge in [0.05, 0.1) is 18.1 Å². The number of hydrogen-bond acceptors (Lipinski definition) is 5. The minimum atomic E-state index is -3.53.